The van der Waals surface area contributed by atoms with Crippen molar-refractivity contribution in [2.45, 2.75) is 174 Å². The third kappa shape index (κ3) is 19.5. The fourth-order valence-electron chi connectivity index (χ4n) is 5.68. The Morgan fingerprint density at radius 2 is 1.36 bits per heavy atom. The predicted molar refractivity (Wildman–Crippen MR) is 162 cm³/mol. The first-order valence-electron chi connectivity index (χ1n) is 16.5. The fourth-order valence-corrected chi connectivity index (χ4v) is 5.68. The van der Waals surface area contributed by atoms with Crippen molar-refractivity contribution in [3.63, 3.8) is 0 Å². The molecule has 42 heavy (non-hydrogen) atoms. The maximum absolute atomic E-state index is 12.0. The molecule has 1 heterocycles. The highest BCUT2D eigenvalue weighted by Gasteiger charge is 2.36. The second-order valence-corrected chi connectivity index (χ2v) is 11.7. The zero-order chi connectivity index (χ0) is 31.0. The Labute approximate surface area is 255 Å². The van der Waals surface area contributed by atoms with Crippen LogP contribution in [0.5, 0.6) is 0 Å². The topological polar surface area (TPSA) is 107 Å². The molecule has 0 aromatic heterocycles. The van der Waals surface area contributed by atoms with Crippen LogP contribution in [0.3, 0.4) is 0 Å². The average Bonchev–Trinajstić information content (AvgIpc) is 2.94. The standard InChI is InChI=1S/C33H60O9/c1-6-7-8-9-10-11-12-13-14-15-19-31-30(39-25-37-5)21-22-33(42-31)32(41-28(4)36)20-17-16-18-29(40-27(3)35)23-24-38-26(2)34/h29-33H,6-25H2,1-5H3/t29-,30+,31+,32+,33+/m0/s1. The Kier molecular flexibility index (Phi) is 22.5. The number of carbonyl (C=O) groups is 3. The number of rotatable bonds is 25. The largest absolute Gasteiger partial charge is 0.466 e. The molecule has 1 aliphatic rings. The lowest BCUT2D eigenvalue weighted by atomic mass is 9.92. The Morgan fingerprint density at radius 3 is 1.95 bits per heavy atom. The lowest BCUT2D eigenvalue weighted by Crippen LogP contribution is -2.46. The van der Waals surface area contributed by atoms with E-state index in [1.807, 2.05) is 0 Å². The van der Waals surface area contributed by atoms with E-state index in [1.54, 1.807) is 7.11 Å². The molecule has 1 fully saturated rings. The van der Waals surface area contributed by atoms with E-state index >= 15 is 0 Å². The summed E-state index contributed by atoms with van der Waals surface area (Å²) in [4.78, 5) is 34.5. The molecule has 0 amide bonds. The van der Waals surface area contributed by atoms with E-state index in [0.29, 0.717) is 19.3 Å². The fraction of sp³-hybridized carbons (Fsp3) is 0.909. The smallest absolute Gasteiger partial charge is 0.302 e. The molecule has 0 aromatic carbocycles. The number of methoxy groups -OCH3 is 1. The van der Waals surface area contributed by atoms with Gasteiger partial charge < -0.3 is 28.4 Å². The first kappa shape index (κ1) is 38.3. The van der Waals surface area contributed by atoms with Gasteiger partial charge in [0, 0.05) is 34.3 Å². The minimum Gasteiger partial charge on any atom is -0.466 e. The van der Waals surface area contributed by atoms with Gasteiger partial charge in [-0.2, -0.15) is 0 Å². The van der Waals surface area contributed by atoms with Gasteiger partial charge in [-0.15, -0.1) is 0 Å². The van der Waals surface area contributed by atoms with Crippen molar-refractivity contribution in [2.75, 3.05) is 20.5 Å². The highest BCUT2D eigenvalue weighted by molar-refractivity contribution is 5.66. The summed E-state index contributed by atoms with van der Waals surface area (Å²) in [7, 11) is 1.63. The van der Waals surface area contributed by atoms with Crippen molar-refractivity contribution in [1.29, 1.82) is 0 Å². The number of hydrogen-bond donors (Lipinski definition) is 0. The molecule has 5 atom stereocenters. The summed E-state index contributed by atoms with van der Waals surface area (Å²) < 4.78 is 33.9. The highest BCUT2D eigenvalue weighted by Crippen LogP contribution is 2.30. The van der Waals surface area contributed by atoms with Gasteiger partial charge in [0.05, 0.1) is 24.9 Å². The van der Waals surface area contributed by atoms with Crippen molar-refractivity contribution in [3.8, 4) is 0 Å². The molecule has 0 spiro atoms. The molecule has 0 unspecified atom stereocenters. The maximum atomic E-state index is 12.0. The van der Waals surface area contributed by atoms with E-state index in [4.69, 9.17) is 28.4 Å². The van der Waals surface area contributed by atoms with Crippen LogP contribution in [-0.2, 0) is 42.8 Å². The Bertz CT molecular complexity index is 714. The van der Waals surface area contributed by atoms with Crippen LogP contribution in [0.25, 0.3) is 0 Å². The molecule has 1 saturated heterocycles. The van der Waals surface area contributed by atoms with E-state index in [-0.39, 0.29) is 61.8 Å². The summed E-state index contributed by atoms with van der Waals surface area (Å²) in [6, 6.07) is 0. The van der Waals surface area contributed by atoms with Gasteiger partial charge in [-0.1, -0.05) is 71.1 Å². The molecule has 0 N–H and O–H groups in total. The molecule has 0 aliphatic carbocycles. The van der Waals surface area contributed by atoms with Crippen molar-refractivity contribution in [3.05, 3.63) is 0 Å². The molecule has 9 heteroatoms. The first-order chi connectivity index (χ1) is 20.3. The quantitative estimate of drug-likeness (QED) is 0.0465. The number of esters is 3. The maximum Gasteiger partial charge on any atom is 0.302 e. The van der Waals surface area contributed by atoms with Crippen molar-refractivity contribution in [2.24, 2.45) is 0 Å². The minimum absolute atomic E-state index is 0.0283. The zero-order valence-electron chi connectivity index (χ0n) is 27.2. The summed E-state index contributed by atoms with van der Waals surface area (Å²) in [6.45, 7) is 6.88. The molecular formula is C33H60O9. The van der Waals surface area contributed by atoms with Crippen LogP contribution >= 0.6 is 0 Å². The number of unbranched alkanes of at least 4 members (excludes halogenated alkanes) is 10. The minimum atomic E-state index is -0.352. The molecule has 1 aliphatic heterocycles. The number of ether oxygens (including phenoxy) is 6. The predicted octanol–water partition coefficient (Wildman–Crippen LogP) is 7.21. The van der Waals surface area contributed by atoms with Crippen LogP contribution in [0.1, 0.15) is 143 Å². The van der Waals surface area contributed by atoms with Gasteiger partial charge in [0.15, 0.2) is 0 Å². The molecule has 246 valence electrons. The Balaban J connectivity index is 2.57. The summed E-state index contributed by atoms with van der Waals surface area (Å²) in [5, 5.41) is 0. The van der Waals surface area contributed by atoms with Crippen LogP contribution in [0.15, 0.2) is 0 Å². The first-order valence-corrected chi connectivity index (χ1v) is 16.5. The molecule has 0 bridgehead atoms. The van der Waals surface area contributed by atoms with Crippen molar-refractivity contribution >= 4 is 17.9 Å². The molecular weight excluding hydrogens is 540 g/mol. The van der Waals surface area contributed by atoms with E-state index in [2.05, 4.69) is 6.92 Å². The SMILES string of the molecule is CCCCCCCCCCCC[C@H]1O[C@@H]([C@@H](CCCC[C@@H](CCOC(C)=O)OC(C)=O)OC(C)=O)CC[C@H]1OCOC. The third-order valence-corrected chi connectivity index (χ3v) is 7.82. The van der Waals surface area contributed by atoms with Crippen LogP contribution < -0.4 is 0 Å². The van der Waals surface area contributed by atoms with Crippen LogP contribution in [0.2, 0.25) is 0 Å². The van der Waals surface area contributed by atoms with Crippen molar-refractivity contribution in [1.82, 2.24) is 0 Å². The highest BCUT2D eigenvalue weighted by atomic mass is 16.7. The second kappa shape index (κ2) is 24.7. The molecule has 9 nitrogen and oxygen atoms in total. The Morgan fingerprint density at radius 1 is 0.738 bits per heavy atom. The Hall–Kier alpha value is -1.71. The van der Waals surface area contributed by atoms with Gasteiger partial charge in [-0.3, -0.25) is 14.4 Å². The summed E-state index contributed by atoms with van der Waals surface area (Å²) in [5.74, 6) is -1.02. The van der Waals surface area contributed by atoms with Crippen LogP contribution in [0, 0.1) is 0 Å². The van der Waals surface area contributed by atoms with Gasteiger partial charge >= 0.3 is 17.9 Å². The summed E-state index contributed by atoms with van der Waals surface area (Å²) >= 11 is 0. The van der Waals surface area contributed by atoms with Crippen LogP contribution in [-0.4, -0.2) is 68.9 Å². The number of hydrogen-bond acceptors (Lipinski definition) is 9. The lowest BCUT2D eigenvalue weighted by molar-refractivity contribution is -0.200. The lowest BCUT2D eigenvalue weighted by Gasteiger charge is -2.39. The van der Waals surface area contributed by atoms with Gasteiger partial charge in [0.2, 0.25) is 0 Å². The van der Waals surface area contributed by atoms with Gasteiger partial charge in [0.25, 0.3) is 0 Å². The average molecular weight is 601 g/mol. The normalized spacial score (nSPS) is 20.1. The van der Waals surface area contributed by atoms with E-state index in [1.165, 1.54) is 78.6 Å². The van der Waals surface area contributed by atoms with E-state index < -0.39 is 0 Å². The molecule has 0 aromatic rings. The monoisotopic (exact) mass is 600 g/mol. The number of carbonyl (C=O) groups excluding carboxylic acids is 3. The van der Waals surface area contributed by atoms with E-state index in [0.717, 1.165) is 38.5 Å². The van der Waals surface area contributed by atoms with Crippen molar-refractivity contribution < 1.29 is 42.8 Å². The molecule has 0 radical (unpaired) electrons. The molecule has 0 saturated carbocycles. The van der Waals surface area contributed by atoms with Gasteiger partial charge in [-0.05, 0) is 44.9 Å². The summed E-state index contributed by atoms with van der Waals surface area (Å²) in [6.07, 6.45) is 17.8. The van der Waals surface area contributed by atoms with Crippen LogP contribution in [0.4, 0.5) is 0 Å². The zero-order valence-corrected chi connectivity index (χ0v) is 27.2. The summed E-state index contributed by atoms with van der Waals surface area (Å²) in [5.41, 5.74) is 0. The van der Waals surface area contributed by atoms with Gasteiger partial charge in [-0.25, -0.2) is 0 Å². The third-order valence-electron chi connectivity index (χ3n) is 7.82. The second-order valence-electron chi connectivity index (χ2n) is 11.7. The van der Waals surface area contributed by atoms with Gasteiger partial charge in [0.1, 0.15) is 19.0 Å². The molecule has 1 rings (SSSR count). The van der Waals surface area contributed by atoms with E-state index in [9.17, 15) is 14.4 Å².